The summed E-state index contributed by atoms with van der Waals surface area (Å²) >= 11 is 1.38. The number of fused-ring (bicyclic) bond motifs is 1. The lowest BCUT2D eigenvalue weighted by atomic mass is 10.1. The van der Waals surface area contributed by atoms with E-state index in [0.717, 1.165) is 10.4 Å². The van der Waals surface area contributed by atoms with Gasteiger partial charge in [0.1, 0.15) is 12.1 Å². The van der Waals surface area contributed by atoms with E-state index in [9.17, 15) is 18.3 Å². The fourth-order valence-corrected chi connectivity index (χ4v) is 6.12. The Morgan fingerprint density at radius 2 is 2.05 bits per heavy atom. The number of oxazole rings is 1. The van der Waals surface area contributed by atoms with Gasteiger partial charge in [-0.3, -0.25) is 14.3 Å². The van der Waals surface area contributed by atoms with Crippen LogP contribution in [0.5, 0.6) is 0 Å². The number of hydrogen-bond acceptors (Lipinski definition) is 11. The largest absolute Gasteiger partial charge is 0.444 e. The number of aliphatic hydroxyl groups is 1. The number of hydrogen-bond donors (Lipinski definition) is 3. The van der Waals surface area contributed by atoms with Gasteiger partial charge in [-0.25, -0.2) is 13.2 Å². The molecular weight excluding hydrogens is 580 g/mol. The standard InChI is InChI=1S/C28H28N6O6S2/c29-27-33-25-10-9-24(13-26(25)40-27)42(37,38)34(16-20-5-1-2-11-31-20)21-6-3-4-19(12-21)7-8-22(35)14-32-28(36)39-17-23-15-30-18-41-23/h1-6,9-13,15,18,22,35H,7-8,14,16-17H2,(H2,29,33)(H,32,36). The molecule has 1 atom stereocenters. The second kappa shape index (κ2) is 13.0. The van der Waals surface area contributed by atoms with Crippen molar-refractivity contribution in [1.29, 1.82) is 0 Å². The number of aliphatic hydroxyl groups excluding tert-OH is 1. The molecule has 0 radical (unpaired) electrons. The Bertz CT molecular complexity index is 1750. The van der Waals surface area contributed by atoms with E-state index in [1.54, 1.807) is 60.4 Å². The second-order valence-corrected chi connectivity index (χ2v) is 12.1. The maximum absolute atomic E-state index is 14.0. The third kappa shape index (κ3) is 7.21. The third-order valence-electron chi connectivity index (χ3n) is 6.27. The smallest absolute Gasteiger partial charge is 0.407 e. The number of carbonyl (C=O) groups excluding carboxylic acids is 1. The first-order valence-electron chi connectivity index (χ1n) is 12.9. The summed E-state index contributed by atoms with van der Waals surface area (Å²) in [6, 6.07) is 16.7. The molecule has 0 aliphatic carbocycles. The van der Waals surface area contributed by atoms with Crippen molar-refractivity contribution >= 4 is 50.3 Å². The molecule has 14 heteroatoms. The summed E-state index contributed by atoms with van der Waals surface area (Å²) < 4.78 is 39.6. The number of carbonyl (C=O) groups is 1. The van der Waals surface area contributed by atoms with Crippen LogP contribution < -0.4 is 15.4 Å². The second-order valence-electron chi connectivity index (χ2n) is 9.30. The number of benzene rings is 2. The molecule has 218 valence electrons. The van der Waals surface area contributed by atoms with Gasteiger partial charge in [0, 0.05) is 25.0 Å². The molecule has 0 bridgehead atoms. The molecule has 5 rings (SSSR count). The van der Waals surface area contributed by atoms with Crippen molar-refractivity contribution < 1.29 is 27.5 Å². The van der Waals surface area contributed by atoms with Crippen molar-refractivity contribution in [2.75, 3.05) is 16.6 Å². The predicted molar refractivity (Wildman–Crippen MR) is 157 cm³/mol. The van der Waals surface area contributed by atoms with Gasteiger partial charge in [-0.2, -0.15) is 4.98 Å². The zero-order chi connectivity index (χ0) is 29.5. The van der Waals surface area contributed by atoms with Crippen molar-refractivity contribution in [2.24, 2.45) is 0 Å². The Kier molecular flexibility index (Phi) is 8.95. The van der Waals surface area contributed by atoms with Crippen molar-refractivity contribution in [3.05, 3.63) is 94.7 Å². The summed E-state index contributed by atoms with van der Waals surface area (Å²) in [7, 11) is -4.07. The minimum absolute atomic E-state index is 0.00994. The highest BCUT2D eigenvalue weighted by atomic mass is 32.2. The van der Waals surface area contributed by atoms with Gasteiger partial charge in [-0.05, 0) is 54.8 Å². The Hall–Kier alpha value is -4.53. The SMILES string of the molecule is Nc1nc2ccc(S(=O)(=O)N(Cc3ccccn3)c3cccc(CCC(O)CNC(=O)OCc4cncs4)c3)cc2o1. The van der Waals surface area contributed by atoms with Crippen molar-refractivity contribution in [2.45, 2.75) is 37.0 Å². The van der Waals surface area contributed by atoms with E-state index in [2.05, 4.69) is 20.3 Å². The van der Waals surface area contributed by atoms with Gasteiger partial charge in [0.2, 0.25) is 0 Å². The van der Waals surface area contributed by atoms with E-state index in [1.165, 1.54) is 27.8 Å². The van der Waals surface area contributed by atoms with Gasteiger partial charge in [0.05, 0.1) is 39.3 Å². The summed E-state index contributed by atoms with van der Waals surface area (Å²) in [5.41, 5.74) is 9.79. The van der Waals surface area contributed by atoms with Crippen LogP contribution in [0.15, 0.2) is 87.9 Å². The zero-order valence-corrected chi connectivity index (χ0v) is 23.9. The van der Waals surface area contributed by atoms with Crippen molar-refractivity contribution in [1.82, 2.24) is 20.3 Å². The van der Waals surface area contributed by atoms with Crippen molar-refractivity contribution in [3.8, 4) is 0 Å². The summed E-state index contributed by atoms with van der Waals surface area (Å²) in [6.45, 7) is 0.104. The van der Waals surface area contributed by atoms with Crippen LogP contribution >= 0.6 is 11.3 Å². The van der Waals surface area contributed by atoms with E-state index in [0.29, 0.717) is 29.7 Å². The molecule has 0 aliphatic rings. The highest BCUT2D eigenvalue weighted by Crippen LogP contribution is 2.29. The molecule has 0 spiro atoms. The predicted octanol–water partition coefficient (Wildman–Crippen LogP) is 3.88. The quantitative estimate of drug-likeness (QED) is 0.189. The summed E-state index contributed by atoms with van der Waals surface area (Å²) in [6.07, 6.45) is 2.52. The molecule has 1 amide bonds. The first-order valence-corrected chi connectivity index (χ1v) is 15.2. The van der Waals surface area contributed by atoms with Crippen LogP contribution in [-0.4, -0.2) is 47.2 Å². The fourth-order valence-electron chi connectivity index (χ4n) is 4.17. The molecule has 0 fully saturated rings. The number of aromatic nitrogens is 3. The molecule has 12 nitrogen and oxygen atoms in total. The Labute approximate surface area is 245 Å². The molecule has 3 heterocycles. The van der Waals surface area contributed by atoms with Gasteiger partial charge in [0.15, 0.2) is 5.58 Å². The van der Waals surface area contributed by atoms with Crippen molar-refractivity contribution in [3.63, 3.8) is 0 Å². The molecule has 2 aromatic carbocycles. The first kappa shape index (κ1) is 29.0. The van der Waals surface area contributed by atoms with Crippen LogP contribution in [0, 0.1) is 0 Å². The number of alkyl carbamates (subject to hydrolysis) is 1. The third-order valence-corrected chi connectivity index (χ3v) is 8.79. The van der Waals surface area contributed by atoms with Gasteiger partial charge in [-0.1, -0.05) is 18.2 Å². The van der Waals surface area contributed by atoms with Gasteiger partial charge in [-0.15, -0.1) is 11.3 Å². The van der Waals surface area contributed by atoms with Gasteiger partial charge in [0.25, 0.3) is 16.0 Å². The number of pyridine rings is 1. The lowest BCUT2D eigenvalue weighted by molar-refractivity contribution is 0.124. The number of thiazole rings is 1. The number of sulfonamides is 1. The first-order chi connectivity index (χ1) is 20.3. The molecule has 0 saturated carbocycles. The minimum Gasteiger partial charge on any atom is -0.444 e. The van der Waals surface area contributed by atoms with E-state index in [-0.39, 0.29) is 36.2 Å². The lowest BCUT2D eigenvalue weighted by Gasteiger charge is -2.25. The van der Waals surface area contributed by atoms with Gasteiger partial charge < -0.3 is 25.3 Å². The number of amides is 1. The maximum Gasteiger partial charge on any atom is 0.407 e. The number of nitrogens with zero attached hydrogens (tertiary/aromatic N) is 4. The summed E-state index contributed by atoms with van der Waals surface area (Å²) in [5, 5.41) is 13.0. The van der Waals surface area contributed by atoms with Crippen LogP contribution in [0.25, 0.3) is 11.1 Å². The molecule has 0 aliphatic heterocycles. The van der Waals surface area contributed by atoms with Crippen LogP contribution in [0.2, 0.25) is 0 Å². The highest BCUT2D eigenvalue weighted by Gasteiger charge is 2.27. The number of ether oxygens (including phenoxy) is 1. The maximum atomic E-state index is 14.0. The monoisotopic (exact) mass is 608 g/mol. The molecule has 5 aromatic rings. The Morgan fingerprint density at radius 1 is 1.17 bits per heavy atom. The van der Waals surface area contributed by atoms with E-state index in [1.807, 2.05) is 6.07 Å². The Balaban J connectivity index is 1.29. The minimum atomic E-state index is -4.07. The van der Waals surface area contributed by atoms with Crippen LogP contribution in [0.3, 0.4) is 0 Å². The highest BCUT2D eigenvalue weighted by molar-refractivity contribution is 7.92. The molecule has 1 unspecified atom stereocenters. The summed E-state index contributed by atoms with van der Waals surface area (Å²) in [4.78, 5) is 25.0. The zero-order valence-electron chi connectivity index (χ0n) is 22.3. The average Bonchev–Trinajstić information content (AvgIpc) is 3.65. The number of rotatable bonds is 12. The molecule has 3 aromatic heterocycles. The lowest BCUT2D eigenvalue weighted by Crippen LogP contribution is -2.32. The number of nitrogen functional groups attached to an aromatic ring is 1. The number of nitrogens with one attached hydrogen (secondary N) is 1. The van der Waals surface area contributed by atoms with Crippen LogP contribution in [-0.2, 0) is 34.3 Å². The number of anilines is 2. The van der Waals surface area contributed by atoms with Crippen LogP contribution in [0.4, 0.5) is 16.5 Å². The summed E-state index contributed by atoms with van der Waals surface area (Å²) in [5.74, 6) is 0. The fraction of sp³-hybridized carbons (Fsp3) is 0.214. The number of nitrogens with two attached hydrogens (primary N) is 1. The normalized spacial score (nSPS) is 12.2. The molecule has 4 N–H and O–H groups in total. The molecular formula is C28H28N6O6S2. The van der Waals surface area contributed by atoms with E-state index in [4.69, 9.17) is 14.9 Å². The average molecular weight is 609 g/mol. The van der Waals surface area contributed by atoms with E-state index < -0.39 is 22.2 Å². The van der Waals surface area contributed by atoms with E-state index >= 15 is 0 Å². The Morgan fingerprint density at radius 3 is 2.83 bits per heavy atom. The van der Waals surface area contributed by atoms with Crippen LogP contribution in [0.1, 0.15) is 22.6 Å². The number of aryl methyl sites for hydroxylation is 1. The topological polar surface area (TPSA) is 174 Å². The van der Waals surface area contributed by atoms with Gasteiger partial charge >= 0.3 is 6.09 Å². The molecule has 0 saturated heterocycles. The molecule has 42 heavy (non-hydrogen) atoms.